The maximum atomic E-state index is 10.8. The van der Waals surface area contributed by atoms with E-state index in [1.165, 1.54) is 11.3 Å². The molecule has 1 N–H and O–H groups in total. The fraction of sp³-hybridized carbons (Fsp3) is 0. The molecule has 0 saturated heterocycles. The molecule has 3 nitrogen and oxygen atoms in total. The van der Waals surface area contributed by atoms with Crippen molar-refractivity contribution in [3.8, 4) is 0 Å². The van der Waals surface area contributed by atoms with E-state index >= 15 is 0 Å². The van der Waals surface area contributed by atoms with Gasteiger partial charge in [-0.1, -0.05) is 6.07 Å². The average molecular weight is 229 g/mol. The molecule has 2 aromatic heterocycles. The minimum Gasteiger partial charge on any atom is -0.478 e. The van der Waals surface area contributed by atoms with Crippen molar-refractivity contribution in [2.24, 2.45) is 0 Å². The Labute approximate surface area is 95.0 Å². The highest BCUT2D eigenvalue weighted by Gasteiger charge is 2.08. The second-order valence-electron chi connectivity index (χ2n) is 3.47. The Morgan fingerprint density at radius 3 is 2.94 bits per heavy atom. The minimum atomic E-state index is -0.896. The van der Waals surface area contributed by atoms with E-state index in [2.05, 4.69) is 4.98 Å². The molecular formula is C12H7NO2S. The summed E-state index contributed by atoms with van der Waals surface area (Å²) in [4.78, 5) is 16.1. The lowest BCUT2D eigenvalue weighted by Crippen LogP contribution is -1.94. The van der Waals surface area contributed by atoms with Gasteiger partial charge in [-0.25, -0.2) is 9.78 Å². The Bertz CT molecular complexity index is 702. The highest BCUT2D eigenvalue weighted by molar-refractivity contribution is 7.25. The lowest BCUT2D eigenvalue weighted by Gasteiger charge is -1.94. The highest BCUT2D eigenvalue weighted by atomic mass is 32.1. The van der Waals surface area contributed by atoms with Crippen molar-refractivity contribution in [1.82, 2.24) is 4.98 Å². The van der Waals surface area contributed by atoms with Gasteiger partial charge in [-0.2, -0.15) is 0 Å². The summed E-state index contributed by atoms with van der Waals surface area (Å²) in [5, 5.41) is 11.1. The molecule has 0 fully saturated rings. The van der Waals surface area contributed by atoms with Gasteiger partial charge in [0.1, 0.15) is 4.83 Å². The number of nitrogens with zero attached hydrogens (tertiary/aromatic N) is 1. The van der Waals surface area contributed by atoms with Gasteiger partial charge in [0.05, 0.1) is 5.56 Å². The van der Waals surface area contributed by atoms with Gasteiger partial charge < -0.3 is 5.11 Å². The number of fused-ring (bicyclic) bond motifs is 3. The van der Waals surface area contributed by atoms with Gasteiger partial charge in [0.15, 0.2) is 0 Å². The van der Waals surface area contributed by atoms with Crippen LogP contribution >= 0.6 is 11.3 Å². The Balaban J connectivity index is 2.41. The van der Waals surface area contributed by atoms with Crippen LogP contribution in [-0.4, -0.2) is 16.1 Å². The third-order valence-electron chi connectivity index (χ3n) is 2.50. The number of benzene rings is 1. The van der Waals surface area contributed by atoms with Crippen LogP contribution in [0.15, 0.2) is 36.5 Å². The number of thiophene rings is 1. The summed E-state index contributed by atoms with van der Waals surface area (Å²) in [7, 11) is 0. The van der Waals surface area contributed by atoms with Crippen LogP contribution in [-0.2, 0) is 0 Å². The molecule has 3 aromatic rings. The number of carboxylic acid groups (broad SMARTS) is 1. The van der Waals surface area contributed by atoms with Crippen LogP contribution in [0.5, 0.6) is 0 Å². The van der Waals surface area contributed by atoms with E-state index in [9.17, 15) is 4.79 Å². The van der Waals surface area contributed by atoms with Crippen molar-refractivity contribution in [3.63, 3.8) is 0 Å². The van der Waals surface area contributed by atoms with Crippen LogP contribution < -0.4 is 0 Å². The first-order chi connectivity index (χ1) is 7.75. The van der Waals surface area contributed by atoms with Crippen molar-refractivity contribution in [2.45, 2.75) is 0 Å². The van der Waals surface area contributed by atoms with Crippen molar-refractivity contribution < 1.29 is 9.90 Å². The van der Waals surface area contributed by atoms with Crippen LogP contribution in [0.3, 0.4) is 0 Å². The Morgan fingerprint density at radius 1 is 1.25 bits per heavy atom. The van der Waals surface area contributed by atoms with E-state index in [1.807, 2.05) is 18.2 Å². The molecule has 4 heteroatoms. The zero-order valence-corrected chi connectivity index (χ0v) is 8.99. The Morgan fingerprint density at radius 2 is 2.12 bits per heavy atom. The first-order valence-electron chi connectivity index (χ1n) is 4.76. The normalized spacial score (nSPS) is 11.0. The molecule has 16 heavy (non-hydrogen) atoms. The maximum absolute atomic E-state index is 10.8. The van der Waals surface area contributed by atoms with Crippen molar-refractivity contribution in [3.05, 3.63) is 42.1 Å². The lowest BCUT2D eigenvalue weighted by atomic mass is 10.1. The fourth-order valence-corrected chi connectivity index (χ4v) is 2.83. The fourth-order valence-electron chi connectivity index (χ4n) is 1.74. The summed E-state index contributed by atoms with van der Waals surface area (Å²) >= 11 is 1.52. The quantitative estimate of drug-likeness (QED) is 0.697. The van der Waals surface area contributed by atoms with Crippen LogP contribution in [0.4, 0.5) is 0 Å². The summed E-state index contributed by atoms with van der Waals surface area (Å²) in [6, 6.07) is 9.06. The van der Waals surface area contributed by atoms with Crippen molar-refractivity contribution in [1.29, 1.82) is 0 Å². The van der Waals surface area contributed by atoms with Crippen LogP contribution in [0.1, 0.15) is 10.4 Å². The largest absolute Gasteiger partial charge is 0.478 e. The molecule has 3 rings (SSSR count). The maximum Gasteiger partial charge on any atom is 0.335 e. The van der Waals surface area contributed by atoms with E-state index in [4.69, 9.17) is 5.11 Å². The van der Waals surface area contributed by atoms with E-state index in [-0.39, 0.29) is 0 Å². The second-order valence-corrected chi connectivity index (χ2v) is 4.50. The highest BCUT2D eigenvalue weighted by Crippen LogP contribution is 2.32. The number of hydrogen-bond acceptors (Lipinski definition) is 3. The zero-order valence-electron chi connectivity index (χ0n) is 8.18. The summed E-state index contributed by atoms with van der Waals surface area (Å²) in [5.41, 5.74) is 0.319. The van der Waals surface area contributed by atoms with E-state index in [0.717, 1.165) is 20.3 Å². The summed E-state index contributed by atoms with van der Waals surface area (Å²) in [6.07, 6.45) is 1.75. The van der Waals surface area contributed by atoms with Crippen LogP contribution in [0.2, 0.25) is 0 Å². The Kier molecular flexibility index (Phi) is 1.91. The molecule has 0 aliphatic heterocycles. The molecule has 0 unspecified atom stereocenters. The molecule has 78 valence electrons. The Hall–Kier alpha value is -1.94. The molecule has 0 atom stereocenters. The molecule has 0 aliphatic carbocycles. The van der Waals surface area contributed by atoms with Gasteiger partial charge in [0.2, 0.25) is 0 Å². The van der Waals surface area contributed by atoms with Gasteiger partial charge in [0.25, 0.3) is 0 Å². The number of pyridine rings is 1. The first-order valence-corrected chi connectivity index (χ1v) is 5.58. The molecule has 0 bridgehead atoms. The predicted octanol–water partition coefficient (Wildman–Crippen LogP) is 3.15. The van der Waals surface area contributed by atoms with Gasteiger partial charge in [-0.05, 0) is 24.3 Å². The van der Waals surface area contributed by atoms with Crippen LogP contribution in [0.25, 0.3) is 20.3 Å². The van der Waals surface area contributed by atoms with Gasteiger partial charge in [0, 0.05) is 21.7 Å². The number of hydrogen-bond donors (Lipinski definition) is 1. The lowest BCUT2D eigenvalue weighted by molar-refractivity contribution is 0.0697. The number of carbonyl (C=O) groups is 1. The smallest absolute Gasteiger partial charge is 0.335 e. The van der Waals surface area contributed by atoms with Crippen LogP contribution in [0, 0.1) is 0 Å². The molecule has 0 radical (unpaired) electrons. The third kappa shape index (κ3) is 1.27. The summed E-state index contributed by atoms with van der Waals surface area (Å²) in [5.74, 6) is -0.896. The van der Waals surface area contributed by atoms with E-state index in [0.29, 0.717) is 5.56 Å². The van der Waals surface area contributed by atoms with Crippen molar-refractivity contribution in [2.75, 3.05) is 0 Å². The predicted molar refractivity (Wildman–Crippen MR) is 64.1 cm³/mol. The zero-order chi connectivity index (χ0) is 11.1. The second kappa shape index (κ2) is 3.28. The van der Waals surface area contributed by atoms with Gasteiger partial charge in [-0.3, -0.25) is 0 Å². The topological polar surface area (TPSA) is 50.2 Å². The van der Waals surface area contributed by atoms with E-state index < -0.39 is 5.97 Å². The average Bonchev–Trinajstić information content (AvgIpc) is 2.66. The molecule has 0 amide bonds. The first kappa shape index (κ1) is 9.30. The third-order valence-corrected chi connectivity index (χ3v) is 3.57. The molecular weight excluding hydrogens is 222 g/mol. The number of aromatic nitrogens is 1. The van der Waals surface area contributed by atoms with Gasteiger partial charge in [-0.15, -0.1) is 11.3 Å². The number of aromatic carboxylic acids is 1. The van der Waals surface area contributed by atoms with E-state index in [1.54, 1.807) is 18.3 Å². The summed E-state index contributed by atoms with van der Waals surface area (Å²) in [6.45, 7) is 0. The molecule has 2 heterocycles. The minimum absolute atomic E-state index is 0.319. The number of carboxylic acids is 1. The monoisotopic (exact) mass is 229 g/mol. The van der Waals surface area contributed by atoms with Gasteiger partial charge >= 0.3 is 5.97 Å². The molecule has 0 aliphatic rings. The molecule has 1 aromatic carbocycles. The number of rotatable bonds is 1. The molecule has 0 saturated carbocycles. The van der Waals surface area contributed by atoms with Crippen molar-refractivity contribution >= 4 is 37.6 Å². The molecule has 0 spiro atoms. The summed E-state index contributed by atoms with van der Waals surface area (Å²) < 4.78 is 0.966. The standard InChI is InChI=1S/C12H7NO2S/c14-12(15)7-3-4-8-9-2-1-5-13-11(9)16-10(8)6-7/h1-6H,(H,14,15). The SMILES string of the molecule is O=C(O)c1ccc2c(c1)sc1ncccc12.